The predicted octanol–water partition coefficient (Wildman–Crippen LogP) is 6.95. The van der Waals surface area contributed by atoms with Gasteiger partial charge in [0.05, 0.1) is 27.9 Å². The molecule has 0 aliphatic heterocycles. The summed E-state index contributed by atoms with van der Waals surface area (Å²) in [6.07, 6.45) is -4.20. The number of carbonyl (C=O) groups is 2. The minimum atomic E-state index is -4.72. The highest BCUT2D eigenvalue weighted by Gasteiger charge is 2.35. The van der Waals surface area contributed by atoms with Crippen LogP contribution in [0, 0.1) is 12.3 Å². The summed E-state index contributed by atoms with van der Waals surface area (Å²) in [5.74, 6) is -1.14. The molecule has 4 aromatic rings. The maximum atomic E-state index is 13.5. The second-order valence-corrected chi connectivity index (χ2v) is 10.6. The molecule has 0 unspecified atom stereocenters. The van der Waals surface area contributed by atoms with Crippen LogP contribution in [0.4, 0.5) is 18.9 Å². The van der Waals surface area contributed by atoms with Gasteiger partial charge >= 0.3 is 6.18 Å². The van der Waals surface area contributed by atoms with Gasteiger partial charge < -0.3 is 11.1 Å². The number of rotatable bonds is 5. The number of fused-ring (bicyclic) bond motifs is 1. The van der Waals surface area contributed by atoms with Gasteiger partial charge in [0, 0.05) is 17.1 Å². The monoisotopic (exact) mass is 542 g/mol. The van der Waals surface area contributed by atoms with Gasteiger partial charge in [-0.3, -0.25) is 14.2 Å². The molecule has 10 heteroatoms. The molecule has 0 aliphatic carbocycles. The molecule has 0 radical (unpaired) electrons. The van der Waals surface area contributed by atoms with E-state index in [-0.39, 0.29) is 16.7 Å². The Bertz CT molecular complexity index is 1570. The van der Waals surface area contributed by atoms with E-state index in [0.29, 0.717) is 34.0 Å². The number of nitrogens with zero attached hydrogens (tertiary/aromatic N) is 2. The molecule has 2 amide bonds. The largest absolute Gasteiger partial charge is 0.417 e. The molecular formula is C28H26ClF3N4O2. The Hall–Kier alpha value is -3.85. The van der Waals surface area contributed by atoms with Crippen molar-refractivity contribution in [3.8, 4) is 5.69 Å². The SMILES string of the molecule is Cc1c(Cl)cccc1-n1c(CC(C)(C)C)nc2c(C(N)=O)cc(NC(=O)c3ccccc3C(F)(F)F)cc21. The van der Waals surface area contributed by atoms with E-state index < -0.39 is 29.1 Å². The highest BCUT2D eigenvalue weighted by atomic mass is 35.5. The molecule has 0 atom stereocenters. The van der Waals surface area contributed by atoms with Crippen LogP contribution in [0.15, 0.2) is 54.6 Å². The van der Waals surface area contributed by atoms with Gasteiger partial charge in [-0.1, -0.05) is 50.6 Å². The highest BCUT2D eigenvalue weighted by Crippen LogP contribution is 2.35. The Morgan fingerprint density at radius 2 is 1.71 bits per heavy atom. The number of benzene rings is 3. The van der Waals surface area contributed by atoms with Crippen molar-refractivity contribution in [1.82, 2.24) is 9.55 Å². The number of aromatic nitrogens is 2. The summed E-state index contributed by atoms with van der Waals surface area (Å²) in [5.41, 5.74) is 6.23. The van der Waals surface area contributed by atoms with Crippen molar-refractivity contribution in [2.45, 2.75) is 40.3 Å². The van der Waals surface area contributed by atoms with E-state index in [1.807, 2.05) is 38.3 Å². The van der Waals surface area contributed by atoms with Crippen LogP contribution in [0.2, 0.25) is 5.02 Å². The van der Waals surface area contributed by atoms with Crippen molar-refractivity contribution in [2.75, 3.05) is 5.32 Å². The Labute approximate surface area is 222 Å². The molecule has 1 aromatic heterocycles. The van der Waals surface area contributed by atoms with Crippen LogP contribution in [-0.2, 0) is 12.6 Å². The Balaban J connectivity index is 1.95. The van der Waals surface area contributed by atoms with Gasteiger partial charge in [0.1, 0.15) is 11.3 Å². The zero-order valence-corrected chi connectivity index (χ0v) is 22.0. The number of halogens is 4. The van der Waals surface area contributed by atoms with Gasteiger partial charge in [-0.2, -0.15) is 13.2 Å². The van der Waals surface area contributed by atoms with Crippen molar-refractivity contribution in [3.63, 3.8) is 0 Å². The minimum absolute atomic E-state index is 0.0236. The second kappa shape index (κ2) is 9.79. The van der Waals surface area contributed by atoms with Crippen molar-refractivity contribution < 1.29 is 22.8 Å². The third-order valence-corrected chi connectivity index (χ3v) is 6.41. The van der Waals surface area contributed by atoms with Crippen LogP contribution in [0.1, 0.15) is 58.4 Å². The van der Waals surface area contributed by atoms with Crippen molar-refractivity contribution in [3.05, 3.63) is 87.7 Å². The van der Waals surface area contributed by atoms with Gasteiger partial charge in [0.2, 0.25) is 0 Å². The molecule has 0 spiro atoms. The number of alkyl halides is 3. The fourth-order valence-electron chi connectivity index (χ4n) is 4.31. The lowest BCUT2D eigenvalue weighted by molar-refractivity contribution is -0.137. The van der Waals surface area contributed by atoms with Gasteiger partial charge in [-0.15, -0.1) is 0 Å². The fourth-order valence-corrected chi connectivity index (χ4v) is 4.48. The molecule has 3 aromatic carbocycles. The maximum Gasteiger partial charge on any atom is 0.417 e. The Morgan fingerprint density at radius 3 is 2.34 bits per heavy atom. The number of carbonyl (C=O) groups excluding carboxylic acids is 2. The van der Waals surface area contributed by atoms with Gasteiger partial charge in [0.25, 0.3) is 11.8 Å². The third-order valence-electron chi connectivity index (χ3n) is 6.00. The van der Waals surface area contributed by atoms with E-state index in [9.17, 15) is 22.8 Å². The van der Waals surface area contributed by atoms with Crippen LogP contribution in [0.5, 0.6) is 0 Å². The molecule has 198 valence electrons. The first-order valence-electron chi connectivity index (χ1n) is 11.8. The molecule has 0 saturated heterocycles. The van der Waals surface area contributed by atoms with Crippen LogP contribution in [0.25, 0.3) is 16.7 Å². The number of anilines is 1. The lowest BCUT2D eigenvalue weighted by atomic mass is 9.92. The summed E-state index contributed by atoms with van der Waals surface area (Å²) in [6, 6.07) is 12.8. The minimum Gasteiger partial charge on any atom is -0.366 e. The zero-order valence-electron chi connectivity index (χ0n) is 21.2. The summed E-state index contributed by atoms with van der Waals surface area (Å²) in [7, 11) is 0. The van der Waals surface area contributed by atoms with Gasteiger partial charge in [-0.05, 0) is 54.3 Å². The molecule has 0 saturated carbocycles. The number of amides is 2. The second-order valence-electron chi connectivity index (χ2n) is 10.2. The van der Waals surface area contributed by atoms with E-state index in [0.717, 1.165) is 17.7 Å². The van der Waals surface area contributed by atoms with E-state index in [4.69, 9.17) is 22.3 Å². The maximum absolute atomic E-state index is 13.5. The average Bonchev–Trinajstić information content (AvgIpc) is 3.15. The lowest BCUT2D eigenvalue weighted by Gasteiger charge is -2.20. The van der Waals surface area contributed by atoms with E-state index in [2.05, 4.69) is 5.32 Å². The smallest absolute Gasteiger partial charge is 0.366 e. The molecule has 0 fully saturated rings. The number of imidazole rings is 1. The molecule has 6 nitrogen and oxygen atoms in total. The first-order valence-corrected chi connectivity index (χ1v) is 12.1. The number of nitrogens with one attached hydrogen (secondary N) is 1. The van der Waals surface area contributed by atoms with E-state index in [1.54, 1.807) is 18.2 Å². The quantitative estimate of drug-likeness (QED) is 0.286. The van der Waals surface area contributed by atoms with Crippen LogP contribution < -0.4 is 11.1 Å². The number of nitrogens with two attached hydrogens (primary N) is 1. The van der Waals surface area contributed by atoms with E-state index in [1.165, 1.54) is 18.2 Å². The summed E-state index contributed by atoms with van der Waals surface area (Å²) in [5, 5.41) is 3.03. The molecule has 0 bridgehead atoms. The predicted molar refractivity (Wildman–Crippen MR) is 142 cm³/mol. The summed E-state index contributed by atoms with van der Waals surface area (Å²) in [6.45, 7) is 7.97. The topological polar surface area (TPSA) is 90.0 Å². The van der Waals surface area contributed by atoms with E-state index >= 15 is 0 Å². The summed E-state index contributed by atoms with van der Waals surface area (Å²) < 4.78 is 42.4. The number of hydrogen-bond acceptors (Lipinski definition) is 3. The zero-order chi connectivity index (χ0) is 28.0. The van der Waals surface area contributed by atoms with Gasteiger partial charge in [0.15, 0.2) is 0 Å². The van der Waals surface area contributed by atoms with Crippen LogP contribution in [0.3, 0.4) is 0 Å². The van der Waals surface area contributed by atoms with Crippen molar-refractivity contribution >= 4 is 40.1 Å². The molecule has 4 rings (SSSR count). The number of primary amides is 1. The Kier molecular flexibility index (Phi) is 7.01. The number of hydrogen-bond donors (Lipinski definition) is 2. The summed E-state index contributed by atoms with van der Waals surface area (Å²) in [4.78, 5) is 30.2. The fraction of sp³-hybridized carbons (Fsp3) is 0.250. The van der Waals surface area contributed by atoms with Gasteiger partial charge in [-0.25, -0.2) is 4.98 Å². The summed E-state index contributed by atoms with van der Waals surface area (Å²) >= 11 is 6.41. The van der Waals surface area contributed by atoms with Crippen molar-refractivity contribution in [2.24, 2.45) is 11.1 Å². The lowest BCUT2D eigenvalue weighted by Crippen LogP contribution is -2.19. The Morgan fingerprint density at radius 1 is 1.03 bits per heavy atom. The first kappa shape index (κ1) is 27.2. The third kappa shape index (κ3) is 5.38. The molecule has 1 heterocycles. The van der Waals surface area contributed by atoms with Crippen LogP contribution in [-0.4, -0.2) is 21.4 Å². The first-order chi connectivity index (χ1) is 17.7. The normalized spacial score (nSPS) is 12.1. The average molecular weight is 543 g/mol. The molecular weight excluding hydrogens is 517 g/mol. The van der Waals surface area contributed by atoms with Crippen molar-refractivity contribution in [1.29, 1.82) is 0 Å². The standard InChI is InChI=1S/C28H26ClF3N4O2/c1-15-20(29)10-7-11-21(15)36-22-13-16(34-26(38)17-8-5-6-9-19(17)28(30,31)32)12-18(25(33)37)24(22)35-23(36)14-27(2,3)4/h5-13H,14H2,1-4H3,(H2,33,37)(H,34,38). The molecule has 0 aliphatic rings. The highest BCUT2D eigenvalue weighted by molar-refractivity contribution is 6.31. The molecule has 3 N–H and O–H groups in total. The van der Waals surface area contributed by atoms with Crippen LogP contribution >= 0.6 is 11.6 Å². The molecule has 38 heavy (non-hydrogen) atoms.